The Labute approximate surface area is 167 Å². The van der Waals surface area contributed by atoms with E-state index in [0.29, 0.717) is 23.5 Å². The first-order chi connectivity index (χ1) is 14.0. The lowest BCUT2D eigenvalue weighted by atomic mass is 9.87. The van der Waals surface area contributed by atoms with E-state index in [2.05, 4.69) is 32.4 Å². The molecule has 2 saturated heterocycles. The van der Waals surface area contributed by atoms with Gasteiger partial charge >= 0.3 is 0 Å². The lowest BCUT2D eigenvalue weighted by Gasteiger charge is -2.35. The molecule has 0 aliphatic carbocycles. The van der Waals surface area contributed by atoms with E-state index in [1.165, 1.54) is 0 Å². The minimum atomic E-state index is -1.01. The van der Waals surface area contributed by atoms with Crippen molar-refractivity contribution >= 4 is 6.08 Å². The van der Waals surface area contributed by atoms with Crippen molar-refractivity contribution in [1.82, 2.24) is 30.0 Å². The van der Waals surface area contributed by atoms with Crippen molar-refractivity contribution in [2.75, 3.05) is 0 Å². The van der Waals surface area contributed by atoms with E-state index in [1.807, 2.05) is 6.07 Å². The van der Waals surface area contributed by atoms with Gasteiger partial charge in [-0.1, -0.05) is 0 Å². The van der Waals surface area contributed by atoms with Gasteiger partial charge in [0.15, 0.2) is 5.82 Å². The predicted molar refractivity (Wildman–Crippen MR) is 106 cm³/mol. The molecule has 5 rings (SSSR count). The molecule has 2 N–H and O–H groups in total. The Morgan fingerprint density at radius 3 is 2.97 bits per heavy atom. The second-order valence-corrected chi connectivity index (χ2v) is 8.03. The van der Waals surface area contributed by atoms with Crippen LogP contribution in [0.4, 0.5) is 4.39 Å². The summed E-state index contributed by atoms with van der Waals surface area (Å²) in [5, 5.41) is 22.1. The summed E-state index contributed by atoms with van der Waals surface area (Å²) < 4.78 is 16.5. The molecule has 2 fully saturated rings. The first-order valence-electron chi connectivity index (χ1n) is 9.64. The first kappa shape index (κ1) is 17.9. The lowest BCUT2D eigenvalue weighted by molar-refractivity contribution is 0.234. The average molecular weight is 392 g/mol. The number of nitrogens with one attached hydrogen (secondary N) is 1. The highest BCUT2D eigenvalue weighted by Gasteiger charge is 2.45. The molecule has 0 unspecified atom stereocenters. The van der Waals surface area contributed by atoms with Crippen LogP contribution in [-0.2, 0) is 0 Å². The van der Waals surface area contributed by atoms with Crippen molar-refractivity contribution in [3.8, 4) is 22.8 Å². The number of nitrogens with zero attached hydrogens (tertiary/aromatic N) is 5. The number of halogens is 1. The molecule has 0 radical (unpaired) electrons. The van der Waals surface area contributed by atoms with Crippen LogP contribution in [0.15, 0.2) is 48.7 Å². The van der Waals surface area contributed by atoms with Crippen LogP contribution in [0.25, 0.3) is 23.2 Å². The number of fused-ring (bicyclic) bond motifs is 2. The first-order valence-corrected chi connectivity index (χ1v) is 9.64. The maximum Gasteiger partial charge on any atom is 0.185 e. The summed E-state index contributed by atoms with van der Waals surface area (Å²) in [7, 11) is 0. The van der Waals surface area contributed by atoms with Gasteiger partial charge in [0.25, 0.3) is 0 Å². The quantitative estimate of drug-likeness (QED) is 0.712. The van der Waals surface area contributed by atoms with Crippen LogP contribution in [0.5, 0.6) is 5.75 Å². The number of aromatic nitrogens is 5. The molecule has 1 aromatic carbocycles. The topological polar surface area (TPSA) is 88.8 Å². The normalized spacial score (nSPS) is 27.4. The van der Waals surface area contributed by atoms with E-state index in [1.54, 1.807) is 47.7 Å². The van der Waals surface area contributed by atoms with Crippen LogP contribution in [0.2, 0.25) is 0 Å². The third-order valence-corrected chi connectivity index (χ3v) is 5.78. The molecule has 0 spiro atoms. The summed E-state index contributed by atoms with van der Waals surface area (Å²) in [4.78, 5) is 8.33. The fraction of sp³-hybridized carbons (Fsp3) is 0.333. The Morgan fingerprint density at radius 1 is 1.34 bits per heavy atom. The number of aromatic hydroxyl groups is 1. The van der Waals surface area contributed by atoms with E-state index in [0.717, 1.165) is 24.1 Å². The summed E-state index contributed by atoms with van der Waals surface area (Å²) in [5.74, 6) is 0.367. The van der Waals surface area contributed by atoms with Gasteiger partial charge in [-0.15, -0.1) is 10.2 Å². The maximum atomic E-state index is 14.7. The standard InChI is InChI=1S/C21H21FN6O/c1-21-5-4-17(25-21)19(22)13(10-21)8-14-11-24-20(27-26-14)16-3-2-15(9-18(16)29)28-7-6-23-12-28/h2-3,6-9,11-12,17,19,25,29H,4-5,10H2,1H3/b13-8-/t17-,19+,21+/m1/s1. The maximum absolute atomic E-state index is 14.7. The molecule has 7 nitrogen and oxygen atoms in total. The number of hydrogen-bond acceptors (Lipinski definition) is 6. The van der Waals surface area contributed by atoms with Crippen molar-refractivity contribution in [2.45, 2.75) is 43.9 Å². The molecule has 8 heteroatoms. The van der Waals surface area contributed by atoms with Crippen LogP contribution < -0.4 is 5.32 Å². The summed E-state index contributed by atoms with van der Waals surface area (Å²) in [6.45, 7) is 2.13. The molecule has 29 heavy (non-hydrogen) atoms. The van der Waals surface area contributed by atoms with E-state index in [-0.39, 0.29) is 17.3 Å². The molecule has 0 amide bonds. The molecule has 0 saturated carbocycles. The third kappa shape index (κ3) is 3.29. The minimum absolute atomic E-state index is 0.0390. The highest BCUT2D eigenvalue weighted by Crippen LogP contribution is 2.40. The fourth-order valence-corrected chi connectivity index (χ4v) is 4.31. The van der Waals surface area contributed by atoms with Gasteiger partial charge in [-0.2, -0.15) is 0 Å². The number of rotatable bonds is 3. The van der Waals surface area contributed by atoms with Gasteiger partial charge in [0.05, 0.1) is 23.8 Å². The summed E-state index contributed by atoms with van der Waals surface area (Å²) >= 11 is 0. The van der Waals surface area contributed by atoms with Crippen LogP contribution in [0, 0.1) is 0 Å². The fourth-order valence-electron chi connectivity index (χ4n) is 4.31. The SMILES string of the molecule is C[C@@]12CC[C@@H](N1)[C@@H](F)/C(=C\c1cnc(-c3ccc(-n4ccnc4)cc3O)nn1)C2. The number of alkyl halides is 1. The van der Waals surface area contributed by atoms with Crippen LogP contribution in [0.1, 0.15) is 31.9 Å². The summed E-state index contributed by atoms with van der Waals surface area (Å²) in [6, 6.07) is 5.08. The molecular weight excluding hydrogens is 371 g/mol. The van der Waals surface area contributed by atoms with Crippen LogP contribution in [-0.4, -0.2) is 47.6 Å². The molecule has 2 aromatic heterocycles. The second kappa shape index (κ2) is 6.73. The van der Waals surface area contributed by atoms with Crippen molar-refractivity contribution in [3.63, 3.8) is 0 Å². The Kier molecular flexibility index (Phi) is 4.16. The van der Waals surface area contributed by atoms with Gasteiger partial charge in [0, 0.05) is 30.0 Å². The number of hydrogen-bond donors (Lipinski definition) is 2. The van der Waals surface area contributed by atoms with Gasteiger partial charge < -0.3 is 15.0 Å². The van der Waals surface area contributed by atoms with E-state index in [9.17, 15) is 9.50 Å². The van der Waals surface area contributed by atoms with Crippen molar-refractivity contribution in [3.05, 3.63) is 54.4 Å². The Balaban J connectivity index is 1.39. The van der Waals surface area contributed by atoms with Gasteiger partial charge in [-0.25, -0.2) is 14.4 Å². The zero-order valence-corrected chi connectivity index (χ0v) is 16.0. The smallest absolute Gasteiger partial charge is 0.185 e. The van der Waals surface area contributed by atoms with Crippen molar-refractivity contribution in [1.29, 1.82) is 0 Å². The van der Waals surface area contributed by atoms with Gasteiger partial charge in [-0.05, 0) is 50.0 Å². The molecule has 4 heterocycles. The summed E-state index contributed by atoms with van der Waals surface area (Å²) in [5.41, 5.74) is 2.48. The third-order valence-electron chi connectivity index (χ3n) is 5.78. The van der Waals surface area contributed by atoms with Crippen LogP contribution in [0.3, 0.4) is 0 Å². The van der Waals surface area contributed by atoms with Gasteiger partial charge in [-0.3, -0.25) is 0 Å². The lowest BCUT2D eigenvalue weighted by Crippen LogP contribution is -2.50. The Morgan fingerprint density at radius 2 is 2.24 bits per heavy atom. The van der Waals surface area contributed by atoms with E-state index in [4.69, 9.17) is 0 Å². The molecule has 2 aliphatic rings. The number of benzene rings is 1. The molecule has 2 aliphatic heterocycles. The predicted octanol–water partition coefficient (Wildman–Crippen LogP) is 3.07. The molecule has 148 valence electrons. The highest BCUT2D eigenvalue weighted by molar-refractivity contribution is 5.66. The van der Waals surface area contributed by atoms with Crippen LogP contribution >= 0.6 is 0 Å². The molecule has 3 atom stereocenters. The Hall–Kier alpha value is -3.13. The largest absolute Gasteiger partial charge is 0.507 e. The van der Waals surface area contributed by atoms with E-state index >= 15 is 0 Å². The second-order valence-electron chi connectivity index (χ2n) is 8.03. The summed E-state index contributed by atoms with van der Waals surface area (Å²) in [6.07, 6.45) is 9.92. The van der Waals surface area contributed by atoms with Crippen molar-refractivity contribution < 1.29 is 9.50 Å². The number of phenolic OH excluding ortho intramolecular Hbond substituents is 1. The minimum Gasteiger partial charge on any atom is -0.507 e. The number of imidazole rings is 1. The van der Waals surface area contributed by atoms with E-state index < -0.39 is 6.17 Å². The van der Waals surface area contributed by atoms with Gasteiger partial charge in [0.2, 0.25) is 0 Å². The monoisotopic (exact) mass is 392 g/mol. The number of phenols is 1. The highest BCUT2D eigenvalue weighted by atomic mass is 19.1. The van der Waals surface area contributed by atoms with Gasteiger partial charge in [0.1, 0.15) is 17.6 Å². The van der Waals surface area contributed by atoms with Crippen molar-refractivity contribution in [2.24, 2.45) is 0 Å². The Bertz CT molecular complexity index is 1070. The zero-order chi connectivity index (χ0) is 20.0. The molecular formula is C21H21FN6O. The molecule has 3 aromatic rings. The average Bonchev–Trinajstić information content (AvgIpc) is 3.36. The zero-order valence-electron chi connectivity index (χ0n) is 16.0. The number of piperidine rings is 1. The molecule has 2 bridgehead atoms.